The predicted molar refractivity (Wildman–Crippen MR) is 133 cm³/mol. The number of nitrogens with zero attached hydrogens (tertiary/aromatic N) is 2. The fourth-order valence-corrected chi connectivity index (χ4v) is 4.78. The third kappa shape index (κ3) is 7.24. The van der Waals surface area contributed by atoms with Crippen LogP contribution >= 0.6 is 34.8 Å². The average molecular weight is 535 g/mol. The standard InChI is InChI=1S/C22H26Cl3N3O4S/c1-4-19(22(30)26-5-2)27(13-15-8-6-7-9-17(15)24)21(29)14-28(33(3,31)32)20-12-16(23)10-11-18(20)25/h6-12,19H,4-5,13-14H2,1-3H3,(H,26,30)/t19-/m0/s1. The number of halogens is 3. The highest BCUT2D eigenvalue weighted by Crippen LogP contribution is 2.31. The van der Waals surface area contributed by atoms with E-state index in [0.29, 0.717) is 23.6 Å². The number of carbonyl (C=O) groups excluding carboxylic acids is 2. The number of sulfonamides is 1. The number of hydrogen-bond acceptors (Lipinski definition) is 4. The van der Waals surface area contributed by atoms with Crippen molar-refractivity contribution in [2.24, 2.45) is 0 Å². The minimum absolute atomic E-state index is 0.0228. The van der Waals surface area contributed by atoms with Gasteiger partial charge in [-0.25, -0.2) is 8.42 Å². The lowest BCUT2D eigenvalue weighted by Crippen LogP contribution is -2.52. The van der Waals surface area contributed by atoms with Crippen LogP contribution in [-0.4, -0.2) is 50.5 Å². The first-order chi connectivity index (χ1) is 15.5. The maximum absolute atomic E-state index is 13.5. The number of anilines is 1. The summed E-state index contributed by atoms with van der Waals surface area (Å²) in [6.45, 7) is 3.39. The van der Waals surface area contributed by atoms with E-state index < -0.39 is 28.5 Å². The Morgan fingerprint density at radius 2 is 1.70 bits per heavy atom. The van der Waals surface area contributed by atoms with Gasteiger partial charge in [-0.1, -0.05) is 59.9 Å². The van der Waals surface area contributed by atoms with E-state index in [2.05, 4.69) is 5.32 Å². The van der Waals surface area contributed by atoms with Crippen LogP contribution in [0.25, 0.3) is 0 Å². The number of rotatable bonds is 10. The van der Waals surface area contributed by atoms with Crippen LogP contribution in [0.1, 0.15) is 25.8 Å². The molecule has 0 aliphatic carbocycles. The van der Waals surface area contributed by atoms with Crippen LogP contribution in [0.3, 0.4) is 0 Å². The molecule has 1 N–H and O–H groups in total. The van der Waals surface area contributed by atoms with Crippen LogP contribution in [0.4, 0.5) is 5.69 Å². The maximum atomic E-state index is 13.5. The van der Waals surface area contributed by atoms with Crippen LogP contribution < -0.4 is 9.62 Å². The SMILES string of the molecule is CCNC(=O)[C@H](CC)N(Cc1ccccc1Cl)C(=O)CN(c1cc(Cl)ccc1Cl)S(C)(=O)=O. The molecule has 2 aromatic rings. The maximum Gasteiger partial charge on any atom is 0.244 e. The summed E-state index contributed by atoms with van der Waals surface area (Å²) in [6.07, 6.45) is 1.29. The molecule has 0 unspecified atom stereocenters. The average Bonchev–Trinajstić information content (AvgIpc) is 2.74. The van der Waals surface area contributed by atoms with Gasteiger partial charge in [0.15, 0.2) is 0 Å². The minimum Gasteiger partial charge on any atom is -0.355 e. The summed E-state index contributed by atoms with van der Waals surface area (Å²) in [5.41, 5.74) is 0.700. The van der Waals surface area contributed by atoms with E-state index in [9.17, 15) is 18.0 Å². The molecule has 33 heavy (non-hydrogen) atoms. The molecular formula is C22H26Cl3N3O4S. The zero-order chi connectivity index (χ0) is 24.8. The Morgan fingerprint density at radius 1 is 1.03 bits per heavy atom. The van der Waals surface area contributed by atoms with Gasteiger partial charge in [0.1, 0.15) is 12.6 Å². The largest absolute Gasteiger partial charge is 0.355 e. The Kier molecular flexibility index (Phi) is 9.84. The van der Waals surface area contributed by atoms with E-state index in [1.807, 2.05) is 0 Å². The van der Waals surface area contributed by atoms with E-state index in [4.69, 9.17) is 34.8 Å². The highest BCUT2D eigenvalue weighted by atomic mass is 35.5. The molecule has 7 nitrogen and oxygen atoms in total. The van der Waals surface area contributed by atoms with Crippen LogP contribution in [0.15, 0.2) is 42.5 Å². The van der Waals surface area contributed by atoms with Crippen molar-refractivity contribution >= 4 is 62.3 Å². The van der Waals surface area contributed by atoms with E-state index >= 15 is 0 Å². The van der Waals surface area contributed by atoms with Crippen LogP contribution in [0, 0.1) is 0 Å². The number of amides is 2. The molecule has 0 bridgehead atoms. The van der Waals surface area contributed by atoms with E-state index in [1.54, 1.807) is 38.1 Å². The lowest BCUT2D eigenvalue weighted by Gasteiger charge is -2.33. The number of likely N-dealkylation sites (N-methyl/N-ethyl adjacent to an activating group) is 1. The summed E-state index contributed by atoms with van der Waals surface area (Å²) in [5.74, 6) is -0.929. The first-order valence-corrected chi connectivity index (χ1v) is 13.2. The summed E-state index contributed by atoms with van der Waals surface area (Å²) in [6, 6.07) is 10.5. The monoisotopic (exact) mass is 533 g/mol. The van der Waals surface area contributed by atoms with Gasteiger partial charge in [0.25, 0.3) is 0 Å². The quantitative estimate of drug-likeness (QED) is 0.491. The van der Waals surface area contributed by atoms with Crippen LogP contribution in [-0.2, 0) is 26.2 Å². The molecule has 0 radical (unpaired) electrons. The van der Waals surface area contributed by atoms with Gasteiger partial charge in [0.05, 0.1) is 17.0 Å². The Morgan fingerprint density at radius 3 is 2.27 bits per heavy atom. The van der Waals surface area contributed by atoms with Gasteiger partial charge in [0, 0.05) is 23.1 Å². The van der Waals surface area contributed by atoms with Gasteiger partial charge in [-0.2, -0.15) is 0 Å². The number of nitrogens with one attached hydrogen (secondary N) is 1. The van der Waals surface area contributed by atoms with Crippen molar-refractivity contribution in [3.05, 3.63) is 63.1 Å². The fourth-order valence-electron chi connectivity index (χ4n) is 3.29. The summed E-state index contributed by atoms with van der Waals surface area (Å²) < 4.78 is 26.1. The first kappa shape index (κ1) is 27.2. The Bertz CT molecular complexity index is 1110. The predicted octanol–water partition coefficient (Wildman–Crippen LogP) is 4.36. The lowest BCUT2D eigenvalue weighted by molar-refractivity contribution is -0.140. The highest BCUT2D eigenvalue weighted by molar-refractivity contribution is 7.92. The van der Waals surface area contributed by atoms with Gasteiger partial charge in [-0.05, 0) is 43.2 Å². The topological polar surface area (TPSA) is 86.8 Å². The second kappa shape index (κ2) is 11.9. The summed E-state index contributed by atoms with van der Waals surface area (Å²) >= 11 is 18.6. The summed E-state index contributed by atoms with van der Waals surface area (Å²) in [7, 11) is -3.91. The van der Waals surface area contributed by atoms with E-state index in [1.165, 1.54) is 23.1 Å². The van der Waals surface area contributed by atoms with Crippen LogP contribution in [0.2, 0.25) is 15.1 Å². The number of hydrogen-bond donors (Lipinski definition) is 1. The van der Waals surface area contributed by atoms with Gasteiger partial charge in [-0.3, -0.25) is 13.9 Å². The molecule has 2 rings (SSSR count). The van der Waals surface area contributed by atoms with Crippen molar-refractivity contribution in [3.63, 3.8) is 0 Å². The first-order valence-electron chi connectivity index (χ1n) is 10.2. The second-order valence-corrected chi connectivity index (χ2v) is 10.5. The fraction of sp³-hybridized carbons (Fsp3) is 0.364. The summed E-state index contributed by atoms with van der Waals surface area (Å²) in [5, 5.41) is 3.54. The molecule has 0 fully saturated rings. The second-order valence-electron chi connectivity index (χ2n) is 7.30. The van der Waals surface area contributed by atoms with E-state index in [0.717, 1.165) is 10.6 Å². The summed E-state index contributed by atoms with van der Waals surface area (Å²) in [4.78, 5) is 27.6. The van der Waals surface area contributed by atoms with Crippen molar-refractivity contribution in [2.45, 2.75) is 32.9 Å². The molecule has 0 saturated heterocycles. The van der Waals surface area contributed by atoms with Crippen LogP contribution in [0.5, 0.6) is 0 Å². The molecule has 2 aromatic carbocycles. The van der Waals surface area contributed by atoms with Gasteiger partial charge in [-0.15, -0.1) is 0 Å². The molecule has 0 aliphatic heterocycles. The molecule has 0 spiro atoms. The van der Waals surface area contributed by atoms with Crippen molar-refractivity contribution in [3.8, 4) is 0 Å². The minimum atomic E-state index is -3.91. The van der Waals surface area contributed by atoms with Crippen molar-refractivity contribution in [1.29, 1.82) is 0 Å². The van der Waals surface area contributed by atoms with Crippen molar-refractivity contribution in [1.82, 2.24) is 10.2 Å². The lowest BCUT2D eigenvalue weighted by atomic mass is 10.1. The van der Waals surface area contributed by atoms with Gasteiger partial charge in [0.2, 0.25) is 21.8 Å². The zero-order valence-corrected chi connectivity index (χ0v) is 21.6. The third-order valence-corrected chi connectivity index (χ3v) is 6.94. The van der Waals surface area contributed by atoms with Gasteiger partial charge >= 0.3 is 0 Å². The number of carbonyl (C=O) groups is 2. The van der Waals surface area contributed by atoms with E-state index in [-0.39, 0.29) is 28.2 Å². The molecule has 0 aromatic heterocycles. The molecule has 0 heterocycles. The molecule has 11 heteroatoms. The third-order valence-electron chi connectivity index (χ3n) is 4.89. The highest BCUT2D eigenvalue weighted by Gasteiger charge is 2.32. The smallest absolute Gasteiger partial charge is 0.244 e. The molecule has 2 amide bonds. The van der Waals surface area contributed by atoms with Crippen molar-refractivity contribution in [2.75, 3.05) is 23.7 Å². The Labute approximate surface area is 209 Å². The zero-order valence-electron chi connectivity index (χ0n) is 18.5. The Hall–Kier alpha value is -2.00. The number of benzene rings is 2. The molecule has 180 valence electrons. The molecule has 0 aliphatic rings. The normalized spacial score (nSPS) is 12.2. The molecule has 1 atom stereocenters. The van der Waals surface area contributed by atoms with Crippen molar-refractivity contribution < 1.29 is 18.0 Å². The molecular weight excluding hydrogens is 509 g/mol. The Balaban J connectivity index is 2.49. The molecule has 0 saturated carbocycles. The van der Waals surface area contributed by atoms with Gasteiger partial charge < -0.3 is 10.2 Å².